The van der Waals surface area contributed by atoms with E-state index in [-0.39, 0.29) is 11.9 Å². The topological polar surface area (TPSA) is 88.7 Å². The molecule has 0 aromatic carbocycles. The normalized spacial score (nSPS) is 10.9. The van der Waals surface area contributed by atoms with Crippen molar-refractivity contribution >= 4 is 17.4 Å². The van der Waals surface area contributed by atoms with Crippen LogP contribution < -0.4 is 11.1 Å². The van der Waals surface area contributed by atoms with E-state index < -0.39 is 0 Å². The maximum atomic E-state index is 12.2. The first-order valence-corrected chi connectivity index (χ1v) is 5.77. The Bertz CT molecular complexity index is 567. The molecule has 0 aliphatic rings. The number of hydrogen-bond acceptors (Lipinski definition) is 3. The summed E-state index contributed by atoms with van der Waals surface area (Å²) in [6.45, 7) is 5.87. The molecule has 0 saturated carbocycles. The molecule has 0 spiro atoms. The number of carbonyl (C=O) groups is 1. The van der Waals surface area contributed by atoms with Crippen LogP contribution in [0.4, 0.5) is 11.5 Å². The van der Waals surface area contributed by atoms with Gasteiger partial charge in [0, 0.05) is 17.8 Å². The van der Waals surface area contributed by atoms with Crippen molar-refractivity contribution in [1.82, 2.24) is 14.8 Å². The molecular formula is C12H17N5O. The minimum atomic E-state index is -0.201. The molecule has 1 amide bonds. The summed E-state index contributed by atoms with van der Waals surface area (Å²) in [5.74, 6) is 0.405. The van der Waals surface area contributed by atoms with Gasteiger partial charge in [0.1, 0.15) is 11.5 Å². The quantitative estimate of drug-likeness (QED) is 0.774. The number of anilines is 2. The molecule has 6 heteroatoms. The fraction of sp³-hybridized carbons (Fsp3) is 0.333. The van der Waals surface area contributed by atoms with E-state index in [0.29, 0.717) is 17.2 Å². The van der Waals surface area contributed by atoms with Crippen LogP contribution in [0.3, 0.4) is 0 Å². The van der Waals surface area contributed by atoms with Gasteiger partial charge in [-0.15, -0.1) is 0 Å². The van der Waals surface area contributed by atoms with Gasteiger partial charge in [0.2, 0.25) is 0 Å². The van der Waals surface area contributed by atoms with Crippen LogP contribution in [0.25, 0.3) is 0 Å². The maximum Gasteiger partial charge on any atom is 0.273 e. The van der Waals surface area contributed by atoms with Crippen LogP contribution in [0.2, 0.25) is 0 Å². The molecule has 0 bridgehead atoms. The first-order valence-electron chi connectivity index (χ1n) is 5.77. The van der Waals surface area contributed by atoms with Crippen LogP contribution in [0.5, 0.6) is 0 Å². The molecule has 0 aliphatic heterocycles. The van der Waals surface area contributed by atoms with Crippen molar-refractivity contribution < 1.29 is 4.79 Å². The van der Waals surface area contributed by atoms with Crippen molar-refractivity contribution in [2.45, 2.75) is 26.8 Å². The van der Waals surface area contributed by atoms with E-state index in [9.17, 15) is 4.79 Å². The number of hydrogen-bond donors (Lipinski definition) is 3. The number of aromatic nitrogens is 3. The van der Waals surface area contributed by atoms with Crippen molar-refractivity contribution in [3.8, 4) is 0 Å². The Morgan fingerprint density at radius 2 is 2.28 bits per heavy atom. The summed E-state index contributed by atoms with van der Waals surface area (Å²) in [6.07, 6.45) is 3.42. The van der Waals surface area contributed by atoms with Gasteiger partial charge in [-0.1, -0.05) is 0 Å². The lowest BCUT2D eigenvalue weighted by Crippen LogP contribution is -2.18. The average molecular weight is 247 g/mol. The van der Waals surface area contributed by atoms with E-state index in [2.05, 4.69) is 15.5 Å². The summed E-state index contributed by atoms with van der Waals surface area (Å²) in [6, 6.07) is 1.84. The molecule has 2 aromatic heterocycles. The lowest BCUT2D eigenvalue weighted by atomic mass is 10.3. The largest absolute Gasteiger partial charge is 0.397 e. The molecule has 0 atom stereocenters. The molecule has 6 nitrogen and oxygen atoms in total. The van der Waals surface area contributed by atoms with Gasteiger partial charge in [0.15, 0.2) is 0 Å². The molecule has 0 fully saturated rings. The monoisotopic (exact) mass is 247 g/mol. The molecule has 2 heterocycles. The number of carbonyl (C=O) groups excluding carboxylic acids is 1. The van der Waals surface area contributed by atoms with Crippen LogP contribution in [0, 0.1) is 6.92 Å². The first kappa shape index (κ1) is 12.2. The standard InChI is InChI=1S/C12H17N5O/c1-7(2)17-6-9(13)4-10(17)12(18)15-11-8(3)5-14-16-11/h4-7H,13H2,1-3H3,(H2,14,15,16,18). The lowest BCUT2D eigenvalue weighted by Gasteiger charge is -2.12. The third kappa shape index (κ3) is 2.22. The summed E-state index contributed by atoms with van der Waals surface area (Å²) < 4.78 is 1.84. The number of H-pyrrole nitrogens is 1. The fourth-order valence-electron chi connectivity index (χ4n) is 1.76. The van der Waals surface area contributed by atoms with Crippen LogP contribution >= 0.6 is 0 Å². The molecule has 0 radical (unpaired) electrons. The Kier molecular flexibility index (Phi) is 3.10. The summed E-state index contributed by atoms with van der Waals surface area (Å²) in [7, 11) is 0. The highest BCUT2D eigenvalue weighted by Gasteiger charge is 2.16. The zero-order valence-corrected chi connectivity index (χ0v) is 10.7. The van der Waals surface area contributed by atoms with Crippen molar-refractivity contribution in [3.63, 3.8) is 0 Å². The maximum absolute atomic E-state index is 12.2. The van der Waals surface area contributed by atoms with Gasteiger partial charge >= 0.3 is 0 Å². The van der Waals surface area contributed by atoms with E-state index >= 15 is 0 Å². The molecule has 2 aromatic rings. The van der Waals surface area contributed by atoms with Crippen molar-refractivity contribution in [1.29, 1.82) is 0 Å². The zero-order chi connectivity index (χ0) is 13.3. The second kappa shape index (κ2) is 4.56. The van der Waals surface area contributed by atoms with E-state index in [1.54, 1.807) is 18.5 Å². The average Bonchev–Trinajstić information content (AvgIpc) is 2.86. The number of amides is 1. The van der Waals surface area contributed by atoms with Gasteiger partial charge in [0.25, 0.3) is 5.91 Å². The predicted molar refractivity (Wildman–Crippen MR) is 70.5 cm³/mol. The van der Waals surface area contributed by atoms with Gasteiger partial charge in [-0.05, 0) is 26.8 Å². The molecule has 0 unspecified atom stereocenters. The van der Waals surface area contributed by atoms with E-state index in [1.807, 2.05) is 25.3 Å². The summed E-state index contributed by atoms with van der Waals surface area (Å²) >= 11 is 0. The number of rotatable bonds is 3. The third-order valence-corrected chi connectivity index (χ3v) is 2.73. The lowest BCUT2D eigenvalue weighted by molar-refractivity contribution is 0.101. The number of aromatic amines is 1. The highest BCUT2D eigenvalue weighted by molar-refractivity contribution is 6.03. The number of nitrogens with two attached hydrogens (primary N) is 1. The molecule has 0 saturated heterocycles. The van der Waals surface area contributed by atoms with Crippen molar-refractivity contribution in [2.75, 3.05) is 11.1 Å². The van der Waals surface area contributed by atoms with E-state index in [0.717, 1.165) is 5.56 Å². The first-order chi connectivity index (χ1) is 8.49. The zero-order valence-electron chi connectivity index (χ0n) is 10.7. The van der Waals surface area contributed by atoms with Gasteiger partial charge in [-0.3, -0.25) is 9.89 Å². The minimum Gasteiger partial charge on any atom is -0.397 e. The van der Waals surface area contributed by atoms with E-state index in [4.69, 9.17) is 5.73 Å². The van der Waals surface area contributed by atoms with Gasteiger partial charge in [-0.2, -0.15) is 5.10 Å². The molecule has 4 N–H and O–H groups in total. The number of nitrogen functional groups attached to an aromatic ring is 1. The van der Waals surface area contributed by atoms with Crippen LogP contribution in [0.15, 0.2) is 18.5 Å². The Labute approximate surface area is 105 Å². The van der Waals surface area contributed by atoms with Gasteiger partial charge < -0.3 is 15.6 Å². The summed E-state index contributed by atoms with van der Waals surface area (Å²) in [5, 5.41) is 9.38. The predicted octanol–water partition coefficient (Wildman–Crippen LogP) is 1.94. The van der Waals surface area contributed by atoms with Crippen molar-refractivity contribution in [2.24, 2.45) is 0 Å². The molecular weight excluding hydrogens is 230 g/mol. The summed E-state index contributed by atoms with van der Waals surface area (Å²) in [4.78, 5) is 12.2. The van der Waals surface area contributed by atoms with Crippen molar-refractivity contribution in [3.05, 3.63) is 29.7 Å². The number of aryl methyl sites for hydroxylation is 1. The third-order valence-electron chi connectivity index (χ3n) is 2.73. The van der Waals surface area contributed by atoms with Crippen LogP contribution in [0.1, 0.15) is 35.9 Å². The fourth-order valence-corrected chi connectivity index (χ4v) is 1.76. The minimum absolute atomic E-state index is 0.172. The molecule has 2 rings (SSSR count). The molecule has 96 valence electrons. The van der Waals surface area contributed by atoms with E-state index in [1.165, 1.54) is 0 Å². The van der Waals surface area contributed by atoms with Gasteiger partial charge in [0.05, 0.1) is 11.9 Å². The second-order valence-electron chi connectivity index (χ2n) is 4.54. The number of nitrogens with zero attached hydrogens (tertiary/aromatic N) is 2. The number of nitrogens with one attached hydrogen (secondary N) is 2. The SMILES string of the molecule is Cc1cn[nH]c1NC(=O)c1cc(N)cn1C(C)C. The van der Waals surface area contributed by atoms with Crippen LogP contribution in [-0.4, -0.2) is 20.7 Å². The Balaban J connectivity index is 2.26. The Morgan fingerprint density at radius 1 is 1.56 bits per heavy atom. The smallest absolute Gasteiger partial charge is 0.273 e. The highest BCUT2D eigenvalue weighted by Crippen LogP contribution is 2.18. The molecule has 0 aliphatic carbocycles. The van der Waals surface area contributed by atoms with Crippen LogP contribution in [-0.2, 0) is 0 Å². The van der Waals surface area contributed by atoms with Gasteiger partial charge in [-0.25, -0.2) is 0 Å². The second-order valence-corrected chi connectivity index (χ2v) is 4.54. The molecule has 18 heavy (non-hydrogen) atoms. The Hall–Kier alpha value is -2.24. The summed E-state index contributed by atoms with van der Waals surface area (Å²) in [5.41, 5.74) is 7.74. The Morgan fingerprint density at radius 3 is 2.83 bits per heavy atom. The highest BCUT2D eigenvalue weighted by atomic mass is 16.2.